The number of nitrogens with zero attached hydrogens (tertiary/aromatic N) is 4. The highest BCUT2D eigenvalue weighted by molar-refractivity contribution is 7.22. The van der Waals surface area contributed by atoms with Gasteiger partial charge < -0.3 is 9.84 Å². The Bertz CT molecular complexity index is 1970. The van der Waals surface area contributed by atoms with Crippen molar-refractivity contribution in [3.8, 4) is 33.1 Å². The lowest BCUT2D eigenvalue weighted by Gasteiger charge is -2.28. The van der Waals surface area contributed by atoms with Gasteiger partial charge in [-0.25, -0.2) is 14.8 Å². The second-order valence-corrected chi connectivity index (χ2v) is 12.7. The molecule has 42 heavy (non-hydrogen) atoms. The van der Waals surface area contributed by atoms with E-state index in [1.54, 1.807) is 12.1 Å². The minimum atomic E-state index is -1.17. The molecule has 0 radical (unpaired) electrons. The van der Waals surface area contributed by atoms with Crippen molar-refractivity contribution in [1.82, 2.24) is 19.7 Å². The number of benzene rings is 3. The van der Waals surface area contributed by atoms with Gasteiger partial charge in [-0.15, -0.1) is 11.3 Å². The number of aryl methyl sites for hydroxylation is 2. The zero-order valence-corrected chi connectivity index (χ0v) is 25.4. The van der Waals surface area contributed by atoms with Crippen LogP contribution in [0.5, 0.6) is 0 Å². The van der Waals surface area contributed by atoms with E-state index in [9.17, 15) is 9.90 Å². The van der Waals surface area contributed by atoms with Gasteiger partial charge in [0.25, 0.3) is 0 Å². The minimum Gasteiger partial charge on any atom is -0.479 e. The fourth-order valence-corrected chi connectivity index (χ4v) is 6.41. The van der Waals surface area contributed by atoms with E-state index >= 15 is 0 Å². The van der Waals surface area contributed by atoms with E-state index in [0.717, 1.165) is 59.8 Å². The Morgan fingerprint density at radius 1 is 1.00 bits per heavy atom. The Morgan fingerprint density at radius 3 is 2.43 bits per heavy atom. The molecular weight excluding hydrogens is 568 g/mol. The minimum absolute atomic E-state index is 0.598. The van der Waals surface area contributed by atoms with Crippen molar-refractivity contribution < 1.29 is 14.6 Å². The Morgan fingerprint density at radius 2 is 1.71 bits per heavy atom. The molecule has 3 aromatic heterocycles. The number of thiazole rings is 1. The normalized spacial score (nSPS) is 12.7. The Kier molecular flexibility index (Phi) is 7.09. The third kappa shape index (κ3) is 5.29. The number of hydrogen-bond acceptors (Lipinski definition) is 6. The van der Waals surface area contributed by atoms with Gasteiger partial charge in [-0.2, -0.15) is 5.10 Å². The predicted octanol–water partition coefficient (Wildman–Crippen LogP) is 8.48. The summed E-state index contributed by atoms with van der Waals surface area (Å²) < 4.78 is 8.84. The highest BCUT2D eigenvalue weighted by Gasteiger charge is 2.32. The molecule has 0 aliphatic heterocycles. The third-order valence-electron chi connectivity index (χ3n) is 7.03. The first-order valence-electron chi connectivity index (χ1n) is 13.5. The van der Waals surface area contributed by atoms with E-state index in [4.69, 9.17) is 26.3 Å². The number of halogens is 1. The van der Waals surface area contributed by atoms with Crippen molar-refractivity contribution in [3.63, 3.8) is 0 Å². The molecule has 9 heteroatoms. The maximum Gasteiger partial charge on any atom is 0.337 e. The molecule has 0 amide bonds. The monoisotopic (exact) mass is 596 g/mol. The van der Waals surface area contributed by atoms with E-state index in [0.29, 0.717) is 10.6 Å². The summed E-state index contributed by atoms with van der Waals surface area (Å²) in [6, 6.07) is 21.4. The number of rotatable bonds is 6. The number of carboxylic acid groups (broad SMARTS) is 1. The van der Waals surface area contributed by atoms with Crippen molar-refractivity contribution in [3.05, 3.63) is 89.1 Å². The van der Waals surface area contributed by atoms with Crippen molar-refractivity contribution in [2.24, 2.45) is 7.05 Å². The summed E-state index contributed by atoms with van der Waals surface area (Å²) in [6.45, 7) is 7.47. The van der Waals surface area contributed by atoms with Gasteiger partial charge in [0, 0.05) is 34.1 Å². The van der Waals surface area contributed by atoms with Crippen LogP contribution in [0.25, 0.3) is 54.2 Å². The number of fused-ring (bicyclic) bond motifs is 2. The largest absolute Gasteiger partial charge is 0.479 e. The molecule has 6 rings (SSSR count). The number of carbonyl (C=O) groups is 1. The first kappa shape index (κ1) is 28.0. The van der Waals surface area contributed by atoms with Crippen LogP contribution in [0.2, 0.25) is 5.02 Å². The smallest absolute Gasteiger partial charge is 0.337 e. The molecule has 0 bridgehead atoms. The van der Waals surface area contributed by atoms with Gasteiger partial charge in [0.2, 0.25) is 0 Å². The van der Waals surface area contributed by atoms with E-state index in [1.165, 1.54) is 11.3 Å². The Labute approximate surface area is 252 Å². The zero-order chi connectivity index (χ0) is 29.8. The average Bonchev–Trinajstić information content (AvgIpc) is 3.54. The van der Waals surface area contributed by atoms with Crippen LogP contribution in [0.4, 0.5) is 0 Å². The van der Waals surface area contributed by atoms with Crippen LogP contribution in [0.3, 0.4) is 0 Å². The SMILES string of the molecule is Cc1cc2nc(-c3cccc(-c4ccc5c(cnn5C)c4)n3)sc2c(-c2ccc(Cl)cc2)c1C(OC(C)(C)C)C(=O)O. The first-order valence-corrected chi connectivity index (χ1v) is 14.7. The molecule has 0 spiro atoms. The Hall–Kier alpha value is -4.11. The van der Waals surface area contributed by atoms with Crippen LogP contribution in [0.1, 0.15) is 38.0 Å². The van der Waals surface area contributed by atoms with Crippen LogP contribution < -0.4 is 0 Å². The fourth-order valence-electron chi connectivity index (χ4n) is 5.19. The van der Waals surface area contributed by atoms with Gasteiger partial charge in [0.1, 0.15) is 5.01 Å². The zero-order valence-electron chi connectivity index (χ0n) is 23.8. The number of carboxylic acids is 1. The number of hydrogen-bond donors (Lipinski definition) is 1. The molecule has 0 aliphatic rings. The summed E-state index contributed by atoms with van der Waals surface area (Å²) in [5, 5.41) is 17.1. The highest BCUT2D eigenvalue weighted by atomic mass is 35.5. The van der Waals surface area contributed by atoms with Gasteiger partial charge in [0.15, 0.2) is 6.10 Å². The number of aliphatic carboxylic acids is 1. The highest BCUT2D eigenvalue weighted by Crippen LogP contribution is 2.44. The molecule has 1 atom stereocenters. The predicted molar refractivity (Wildman–Crippen MR) is 169 cm³/mol. The molecule has 1 N–H and O–H groups in total. The van der Waals surface area contributed by atoms with Crippen molar-refractivity contribution in [1.29, 1.82) is 0 Å². The molecule has 0 saturated carbocycles. The molecule has 1 unspecified atom stereocenters. The Balaban J connectivity index is 1.53. The maximum absolute atomic E-state index is 12.6. The molecular formula is C33H29ClN4O3S. The summed E-state index contributed by atoms with van der Waals surface area (Å²) in [5.41, 5.74) is 6.71. The maximum atomic E-state index is 12.6. The molecule has 6 aromatic rings. The third-order valence-corrected chi connectivity index (χ3v) is 8.39. The van der Waals surface area contributed by atoms with Gasteiger partial charge in [-0.1, -0.05) is 35.9 Å². The van der Waals surface area contributed by atoms with Gasteiger partial charge in [-0.05, 0) is 81.3 Å². The molecule has 0 saturated heterocycles. The topological polar surface area (TPSA) is 90.1 Å². The van der Waals surface area contributed by atoms with E-state index < -0.39 is 17.7 Å². The van der Waals surface area contributed by atoms with E-state index in [1.807, 2.05) is 94.2 Å². The lowest BCUT2D eigenvalue weighted by Crippen LogP contribution is -2.28. The van der Waals surface area contributed by atoms with Gasteiger partial charge in [-0.3, -0.25) is 4.68 Å². The van der Waals surface area contributed by atoms with Gasteiger partial charge in [0.05, 0.1) is 38.9 Å². The van der Waals surface area contributed by atoms with Crippen LogP contribution in [0.15, 0.2) is 72.9 Å². The second-order valence-electron chi connectivity index (χ2n) is 11.3. The summed E-state index contributed by atoms with van der Waals surface area (Å²) in [6.07, 6.45) is 0.678. The first-order chi connectivity index (χ1) is 20.0. The standard InChI is InChI=1S/C33H29ClN4O3S/c1-18-15-25-30(28(19-9-12-22(34)13-10-19)27(18)29(32(39)40)41-33(2,3)4)42-31(37-25)24-8-6-7-23(36-24)20-11-14-26-21(16-20)17-35-38(26)5/h6-17,29H,1-5H3,(H,39,40). The molecule has 7 nitrogen and oxygen atoms in total. The molecule has 212 valence electrons. The van der Waals surface area contributed by atoms with E-state index in [2.05, 4.69) is 11.2 Å². The average molecular weight is 597 g/mol. The van der Waals surface area contributed by atoms with Crippen LogP contribution in [-0.4, -0.2) is 36.4 Å². The molecule has 0 fully saturated rings. The van der Waals surface area contributed by atoms with Crippen molar-refractivity contribution in [2.45, 2.75) is 39.4 Å². The summed E-state index contributed by atoms with van der Waals surface area (Å²) in [5.74, 6) is -1.05. The summed E-state index contributed by atoms with van der Waals surface area (Å²) in [7, 11) is 1.92. The quantitative estimate of drug-likeness (QED) is 0.207. The van der Waals surface area contributed by atoms with Crippen molar-refractivity contribution >= 4 is 50.0 Å². The number of ether oxygens (including phenoxy) is 1. The number of aromatic nitrogens is 4. The summed E-state index contributed by atoms with van der Waals surface area (Å²) >= 11 is 7.72. The lowest BCUT2D eigenvalue weighted by molar-refractivity contribution is -0.160. The lowest BCUT2D eigenvalue weighted by atomic mass is 9.91. The van der Waals surface area contributed by atoms with Gasteiger partial charge >= 0.3 is 5.97 Å². The van der Waals surface area contributed by atoms with Crippen molar-refractivity contribution in [2.75, 3.05) is 0 Å². The number of pyridine rings is 1. The summed E-state index contributed by atoms with van der Waals surface area (Å²) in [4.78, 5) is 22.6. The van der Waals surface area contributed by atoms with Crippen LogP contribution >= 0.6 is 22.9 Å². The van der Waals surface area contributed by atoms with Crippen LogP contribution in [-0.2, 0) is 16.6 Å². The second kappa shape index (κ2) is 10.6. The molecule has 3 aromatic carbocycles. The van der Waals surface area contributed by atoms with Crippen LogP contribution in [0, 0.1) is 6.92 Å². The fraction of sp³-hybridized carbons (Fsp3) is 0.212. The molecule has 3 heterocycles. The molecule has 0 aliphatic carbocycles. The van der Waals surface area contributed by atoms with E-state index in [-0.39, 0.29) is 0 Å².